The van der Waals surface area contributed by atoms with E-state index in [1.807, 2.05) is 24.3 Å². The molecule has 0 heterocycles. The van der Waals surface area contributed by atoms with Gasteiger partial charge in [-0.15, -0.1) is 0 Å². The number of Topliss-reactive ketones (excluding diaryl/α,β-unsaturated/α-hetero) is 1. The smallest absolute Gasteiger partial charge is 0.140 e. The van der Waals surface area contributed by atoms with Crippen LogP contribution in [0.4, 0.5) is 0 Å². The highest BCUT2D eigenvalue weighted by molar-refractivity contribution is 5.83. The molecule has 1 saturated carbocycles. The zero-order valence-electron chi connectivity index (χ0n) is 12.9. The molecule has 0 unspecified atom stereocenters. The van der Waals surface area contributed by atoms with E-state index in [0.29, 0.717) is 12.2 Å². The monoisotopic (exact) mass is 274 g/mol. The van der Waals surface area contributed by atoms with Crippen LogP contribution in [0.25, 0.3) is 0 Å². The van der Waals surface area contributed by atoms with E-state index in [1.54, 1.807) is 7.11 Å². The van der Waals surface area contributed by atoms with Gasteiger partial charge in [0.1, 0.15) is 11.5 Å². The summed E-state index contributed by atoms with van der Waals surface area (Å²) in [4.78, 5) is 12.4. The third-order valence-electron chi connectivity index (χ3n) is 4.68. The molecular formula is C18H26O2. The molecule has 1 aromatic rings. The van der Waals surface area contributed by atoms with E-state index < -0.39 is 0 Å². The summed E-state index contributed by atoms with van der Waals surface area (Å²) in [6, 6.07) is 7.86. The van der Waals surface area contributed by atoms with Crippen LogP contribution in [0, 0.1) is 17.8 Å². The van der Waals surface area contributed by atoms with Gasteiger partial charge in [0.2, 0.25) is 0 Å². The molecule has 0 saturated heterocycles. The molecule has 0 radical (unpaired) electrons. The first-order chi connectivity index (χ1) is 9.60. The molecule has 0 amide bonds. The summed E-state index contributed by atoms with van der Waals surface area (Å²) in [6.45, 7) is 4.59. The second kappa shape index (κ2) is 6.92. The van der Waals surface area contributed by atoms with Crippen molar-refractivity contribution < 1.29 is 9.53 Å². The highest BCUT2D eigenvalue weighted by Crippen LogP contribution is 2.34. The van der Waals surface area contributed by atoms with Crippen molar-refractivity contribution in [3.8, 4) is 5.75 Å². The van der Waals surface area contributed by atoms with E-state index in [2.05, 4.69) is 13.8 Å². The van der Waals surface area contributed by atoms with Crippen molar-refractivity contribution in [2.24, 2.45) is 17.8 Å². The maximum Gasteiger partial charge on any atom is 0.140 e. The van der Waals surface area contributed by atoms with Gasteiger partial charge >= 0.3 is 0 Å². The minimum absolute atomic E-state index is 0.274. The van der Waals surface area contributed by atoms with Gasteiger partial charge in [-0.05, 0) is 55.2 Å². The Morgan fingerprint density at radius 1 is 1.25 bits per heavy atom. The average Bonchev–Trinajstić information content (AvgIpc) is 2.47. The Balaban J connectivity index is 1.89. The Kier molecular flexibility index (Phi) is 5.22. The van der Waals surface area contributed by atoms with Gasteiger partial charge < -0.3 is 4.74 Å². The number of carbonyl (C=O) groups is 1. The number of hydrogen-bond donors (Lipinski definition) is 0. The molecular weight excluding hydrogens is 248 g/mol. The lowest BCUT2D eigenvalue weighted by molar-refractivity contribution is -0.123. The molecule has 0 aromatic heterocycles. The number of ketones is 1. The lowest BCUT2D eigenvalue weighted by Crippen LogP contribution is -2.25. The maximum absolute atomic E-state index is 12.4. The molecule has 0 spiro atoms. The first kappa shape index (κ1) is 15.1. The van der Waals surface area contributed by atoms with Crippen molar-refractivity contribution in [3.63, 3.8) is 0 Å². The fraction of sp³-hybridized carbons (Fsp3) is 0.611. The van der Waals surface area contributed by atoms with Crippen molar-refractivity contribution in [2.45, 2.75) is 46.0 Å². The van der Waals surface area contributed by atoms with Gasteiger partial charge in [0, 0.05) is 12.3 Å². The van der Waals surface area contributed by atoms with Gasteiger partial charge in [0.15, 0.2) is 0 Å². The summed E-state index contributed by atoms with van der Waals surface area (Å²) >= 11 is 0. The summed E-state index contributed by atoms with van der Waals surface area (Å²) in [5.41, 5.74) is 1.07. The third kappa shape index (κ3) is 3.84. The van der Waals surface area contributed by atoms with E-state index in [0.717, 1.165) is 36.0 Å². The molecule has 2 heteroatoms. The summed E-state index contributed by atoms with van der Waals surface area (Å²) in [6.07, 6.45) is 5.13. The van der Waals surface area contributed by atoms with E-state index in [4.69, 9.17) is 4.74 Å². The van der Waals surface area contributed by atoms with Gasteiger partial charge in [0.25, 0.3) is 0 Å². The van der Waals surface area contributed by atoms with Gasteiger partial charge in [-0.2, -0.15) is 0 Å². The lowest BCUT2D eigenvalue weighted by atomic mass is 9.75. The highest BCUT2D eigenvalue weighted by atomic mass is 16.5. The molecule has 1 aliphatic rings. The molecule has 0 aliphatic heterocycles. The van der Waals surface area contributed by atoms with Gasteiger partial charge in [-0.25, -0.2) is 0 Å². The van der Waals surface area contributed by atoms with E-state index in [9.17, 15) is 4.79 Å². The number of benzene rings is 1. The first-order valence-corrected chi connectivity index (χ1v) is 7.75. The number of rotatable bonds is 5. The van der Waals surface area contributed by atoms with Crippen LogP contribution < -0.4 is 4.74 Å². The summed E-state index contributed by atoms with van der Waals surface area (Å²) in [5.74, 6) is 3.08. The number of ether oxygens (including phenoxy) is 1. The van der Waals surface area contributed by atoms with Crippen molar-refractivity contribution in [1.82, 2.24) is 0 Å². The Bertz CT molecular complexity index is 442. The van der Waals surface area contributed by atoms with Gasteiger partial charge in [-0.1, -0.05) is 26.0 Å². The largest absolute Gasteiger partial charge is 0.497 e. The van der Waals surface area contributed by atoms with Crippen LogP contribution in [0.15, 0.2) is 24.3 Å². The maximum atomic E-state index is 12.4. The zero-order valence-corrected chi connectivity index (χ0v) is 12.9. The predicted molar refractivity (Wildman–Crippen MR) is 82.0 cm³/mol. The van der Waals surface area contributed by atoms with Crippen molar-refractivity contribution in [3.05, 3.63) is 29.8 Å². The Morgan fingerprint density at radius 2 is 1.95 bits per heavy atom. The van der Waals surface area contributed by atoms with Crippen LogP contribution in [-0.4, -0.2) is 12.9 Å². The van der Waals surface area contributed by atoms with Crippen LogP contribution in [-0.2, 0) is 11.2 Å². The molecule has 110 valence electrons. The quantitative estimate of drug-likeness (QED) is 0.801. The third-order valence-corrected chi connectivity index (χ3v) is 4.68. The predicted octanol–water partition coefficient (Wildman–Crippen LogP) is 4.27. The van der Waals surface area contributed by atoms with Crippen molar-refractivity contribution in [2.75, 3.05) is 7.11 Å². The second-order valence-corrected chi connectivity index (χ2v) is 6.35. The molecule has 20 heavy (non-hydrogen) atoms. The van der Waals surface area contributed by atoms with Crippen LogP contribution >= 0.6 is 0 Å². The van der Waals surface area contributed by atoms with E-state index in [1.165, 1.54) is 12.8 Å². The summed E-state index contributed by atoms with van der Waals surface area (Å²) in [7, 11) is 1.66. The minimum Gasteiger partial charge on any atom is -0.497 e. The Labute approximate surface area is 122 Å². The normalized spacial score (nSPS) is 22.8. The van der Waals surface area contributed by atoms with Crippen molar-refractivity contribution in [1.29, 1.82) is 0 Å². The summed E-state index contributed by atoms with van der Waals surface area (Å²) in [5, 5.41) is 0. The summed E-state index contributed by atoms with van der Waals surface area (Å²) < 4.78 is 5.21. The van der Waals surface area contributed by atoms with Crippen LogP contribution in [0.5, 0.6) is 5.75 Å². The molecule has 0 bridgehead atoms. The topological polar surface area (TPSA) is 26.3 Å². The van der Waals surface area contributed by atoms with Crippen LogP contribution in [0.3, 0.4) is 0 Å². The SMILES string of the molecule is COc1cccc(CC(=O)C2CCC(C(C)C)CC2)c1. The lowest BCUT2D eigenvalue weighted by Gasteiger charge is -2.30. The Morgan fingerprint density at radius 3 is 2.55 bits per heavy atom. The van der Waals surface area contributed by atoms with Gasteiger partial charge in [0.05, 0.1) is 7.11 Å². The van der Waals surface area contributed by atoms with Crippen molar-refractivity contribution >= 4 is 5.78 Å². The first-order valence-electron chi connectivity index (χ1n) is 7.75. The molecule has 1 aliphatic carbocycles. The standard InChI is InChI=1S/C18H26O2/c1-13(2)15-7-9-16(10-8-15)18(19)12-14-5-4-6-17(11-14)20-3/h4-6,11,13,15-16H,7-10,12H2,1-3H3. The molecule has 0 N–H and O–H groups in total. The number of methoxy groups -OCH3 is 1. The Hall–Kier alpha value is -1.31. The second-order valence-electron chi connectivity index (χ2n) is 6.35. The fourth-order valence-corrected chi connectivity index (χ4v) is 3.24. The minimum atomic E-state index is 0.274. The molecule has 2 nitrogen and oxygen atoms in total. The van der Waals surface area contributed by atoms with Gasteiger partial charge in [-0.3, -0.25) is 4.79 Å². The van der Waals surface area contributed by atoms with E-state index >= 15 is 0 Å². The highest BCUT2D eigenvalue weighted by Gasteiger charge is 2.27. The molecule has 1 aromatic carbocycles. The number of carbonyl (C=O) groups excluding carboxylic acids is 1. The van der Waals surface area contributed by atoms with Crippen LogP contribution in [0.2, 0.25) is 0 Å². The van der Waals surface area contributed by atoms with Crippen LogP contribution in [0.1, 0.15) is 45.1 Å². The van der Waals surface area contributed by atoms with E-state index in [-0.39, 0.29) is 5.92 Å². The fourth-order valence-electron chi connectivity index (χ4n) is 3.24. The average molecular weight is 274 g/mol. The molecule has 2 rings (SSSR count). The molecule has 1 fully saturated rings. The zero-order chi connectivity index (χ0) is 14.5. The number of hydrogen-bond acceptors (Lipinski definition) is 2. The molecule has 0 atom stereocenters.